The first kappa shape index (κ1) is 21.6. The van der Waals surface area contributed by atoms with Gasteiger partial charge in [-0.15, -0.1) is 0 Å². The molecule has 166 valence electrons. The van der Waals surface area contributed by atoms with E-state index in [0.29, 0.717) is 25.0 Å². The summed E-state index contributed by atoms with van der Waals surface area (Å²) in [5, 5.41) is 3.47. The lowest BCUT2D eigenvalue weighted by atomic mass is 9.58. The van der Waals surface area contributed by atoms with Crippen LogP contribution in [0.15, 0.2) is 24.3 Å². The van der Waals surface area contributed by atoms with Gasteiger partial charge in [-0.1, -0.05) is 39.8 Å². The minimum Gasteiger partial charge on any atom is -0.491 e. The Morgan fingerprint density at radius 1 is 1.23 bits per heavy atom. The van der Waals surface area contributed by atoms with Crippen molar-refractivity contribution < 1.29 is 19.0 Å². The highest BCUT2D eigenvalue weighted by Crippen LogP contribution is 2.70. The van der Waals surface area contributed by atoms with Crippen molar-refractivity contribution in [2.75, 3.05) is 26.9 Å². The molecule has 5 heteroatoms. The van der Waals surface area contributed by atoms with Gasteiger partial charge in [0.15, 0.2) is 0 Å². The van der Waals surface area contributed by atoms with Crippen molar-refractivity contribution in [1.82, 2.24) is 5.32 Å². The number of methoxy groups -OCH3 is 1. The van der Waals surface area contributed by atoms with E-state index in [4.69, 9.17) is 14.2 Å². The molecule has 0 radical (unpaired) electrons. The van der Waals surface area contributed by atoms with Gasteiger partial charge in [-0.3, -0.25) is 4.79 Å². The van der Waals surface area contributed by atoms with Crippen molar-refractivity contribution in [2.45, 2.75) is 59.1 Å². The number of fused-ring (bicyclic) bond motifs is 1. The van der Waals surface area contributed by atoms with Gasteiger partial charge >= 0.3 is 0 Å². The van der Waals surface area contributed by atoms with E-state index in [1.54, 1.807) is 7.11 Å². The largest absolute Gasteiger partial charge is 0.491 e. The summed E-state index contributed by atoms with van der Waals surface area (Å²) in [5.41, 5.74) is 1.48. The molecule has 0 aromatic heterocycles. The van der Waals surface area contributed by atoms with Crippen molar-refractivity contribution in [3.8, 4) is 5.75 Å². The van der Waals surface area contributed by atoms with E-state index >= 15 is 0 Å². The molecule has 30 heavy (non-hydrogen) atoms. The Balaban J connectivity index is 1.56. The third kappa shape index (κ3) is 3.54. The number of nitrogens with one attached hydrogen (secondary N) is 1. The number of ether oxygens (including phenoxy) is 3. The first-order valence-electron chi connectivity index (χ1n) is 11.4. The number of amides is 1. The number of carbonyl (C=O) groups excluding carboxylic acids is 1. The predicted octanol–water partition coefficient (Wildman–Crippen LogP) is 4.37. The average molecular weight is 416 g/mol. The first-order chi connectivity index (χ1) is 14.3. The molecule has 1 aromatic carbocycles. The molecule has 4 rings (SSSR count). The summed E-state index contributed by atoms with van der Waals surface area (Å²) in [4.78, 5) is 12.7. The van der Waals surface area contributed by atoms with Crippen LogP contribution in [0.2, 0.25) is 0 Å². The summed E-state index contributed by atoms with van der Waals surface area (Å²) in [7, 11) is 1.68. The van der Waals surface area contributed by atoms with Crippen molar-refractivity contribution in [2.24, 2.45) is 28.6 Å². The number of hydrogen-bond donors (Lipinski definition) is 1. The highest BCUT2D eigenvalue weighted by atomic mass is 16.5. The number of hydrogen-bond acceptors (Lipinski definition) is 4. The van der Waals surface area contributed by atoms with Gasteiger partial charge in [-0.2, -0.15) is 0 Å². The van der Waals surface area contributed by atoms with Gasteiger partial charge in [0, 0.05) is 25.7 Å². The van der Waals surface area contributed by atoms with E-state index in [1.807, 2.05) is 26.0 Å². The van der Waals surface area contributed by atoms with Crippen molar-refractivity contribution >= 4 is 5.91 Å². The lowest BCUT2D eigenvalue weighted by Gasteiger charge is -2.53. The normalized spacial score (nSPS) is 34.1. The van der Waals surface area contributed by atoms with Crippen LogP contribution in [0.4, 0.5) is 0 Å². The number of carbonyl (C=O) groups is 1. The summed E-state index contributed by atoms with van der Waals surface area (Å²) in [5.74, 6) is 2.12. The van der Waals surface area contributed by atoms with E-state index in [2.05, 4.69) is 31.3 Å². The van der Waals surface area contributed by atoms with Gasteiger partial charge < -0.3 is 19.5 Å². The van der Waals surface area contributed by atoms with Crippen LogP contribution in [0.3, 0.4) is 0 Å². The molecule has 2 aliphatic carbocycles. The number of rotatable bonds is 7. The highest BCUT2D eigenvalue weighted by molar-refractivity contribution is 5.78. The second-order valence-corrected chi connectivity index (χ2v) is 10.3. The highest BCUT2D eigenvalue weighted by Gasteiger charge is 2.68. The Hall–Kier alpha value is -1.59. The summed E-state index contributed by atoms with van der Waals surface area (Å²) in [6, 6.07) is 8.57. The minimum absolute atomic E-state index is 0.0102. The fourth-order valence-corrected chi connectivity index (χ4v) is 6.42. The van der Waals surface area contributed by atoms with Crippen LogP contribution in [0.1, 0.15) is 58.6 Å². The van der Waals surface area contributed by atoms with Crippen LogP contribution in [0, 0.1) is 28.6 Å². The molecule has 1 aromatic rings. The number of benzene rings is 1. The molecule has 1 heterocycles. The Morgan fingerprint density at radius 3 is 2.63 bits per heavy atom. The molecule has 1 spiro atoms. The van der Waals surface area contributed by atoms with Crippen molar-refractivity contribution in [3.05, 3.63) is 29.8 Å². The maximum absolute atomic E-state index is 12.7. The average Bonchev–Trinajstić information content (AvgIpc) is 3.21. The second kappa shape index (κ2) is 8.16. The first-order valence-corrected chi connectivity index (χ1v) is 11.4. The lowest BCUT2D eigenvalue weighted by molar-refractivity contribution is -0.139. The van der Waals surface area contributed by atoms with Crippen LogP contribution < -0.4 is 10.1 Å². The Labute approximate surface area is 180 Å². The smallest absolute Gasteiger partial charge is 0.222 e. The fourth-order valence-electron chi connectivity index (χ4n) is 6.42. The third-order valence-electron chi connectivity index (χ3n) is 8.08. The Kier molecular flexibility index (Phi) is 5.88. The van der Waals surface area contributed by atoms with Gasteiger partial charge in [0.1, 0.15) is 12.4 Å². The minimum atomic E-state index is 0.0102. The van der Waals surface area contributed by atoms with Crippen LogP contribution in [0.25, 0.3) is 0 Å². The van der Waals surface area contributed by atoms with Gasteiger partial charge in [0.2, 0.25) is 5.91 Å². The van der Waals surface area contributed by atoms with Crippen molar-refractivity contribution in [1.29, 1.82) is 0 Å². The summed E-state index contributed by atoms with van der Waals surface area (Å²) in [6.07, 6.45) is 3.50. The van der Waals surface area contributed by atoms with Crippen molar-refractivity contribution in [3.63, 3.8) is 0 Å². The SMILES string of the molecule is COCCOc1ccc([C@H]2OCC[C@@]34C[C@@H](C[C@H]23)C(C)(C)[C@@H]4NC(=O)C(C)C)cc1. The molecule has 1 aliphatic heterocycles. The molecule has 3 aliphatic rings. The molecule has 2 bridgehead atoms. The topological polar surface area (TPSA) is 56.8 Å². The van der Waals surface area contributed by atoms with Gasteiger partial charge in [-0.25, -0.2) is 0 Å². The molecule has 1 amide bonds. The molecule has 0 unspecified atom stereocenters. The second-order valence-electron chi connectivity index (χ2n) is 10.3. The van der Waals surface area contributed by atoms with Gasteiger partial charge in [0.25, 0.3) is 0 Å². The monoisotopic (exact) mass is 415 g/mol. The Morgan fingerprint density at radius 2 is 1.97 bits per heavy atom. The van der Waals surface area contributed by atoms with Gasteiger partial charge in [-0.05, 0) is 59.6 Å². The fraction of sp³-hybridized carbons (Fsp3) is 0.720. The maximum Gasteiger partial charge on any atom is 0.222 e. The molecular formula is C25H37NO4. The van der Waals surface area contributed by atoms with Crippen LogP contribution in [-0.2, 0) is 14.3 Å². The molecule has 5 atom stereocenters. The quantitative estimate of drug-likeness (QED) is 0.672. The summed E-state index contributed by atoms with van der Waals surface area (Å²) >= 11 is 0. The molecule has 3 fully saturated rings. The molecule has 2 saturated carbocycles. The maximum atomic E-state index is 12.7. The van der Waals surface area contributed by atoms with E-state index in [-0.39, 0.29) is 34.8 Å². The zero-order valence-electron chi connectivity index (χ0n) is 19.1. The van der Waals surface area contributed by atoms with E-state index in [1.165, 1.54) is 18.4 Å². The van der Waals surface area contributed by atoms with E-state index < -0.39 is 0 Å². The van der Waals surface area contributed by atoms with Crippen LogP contribution >= 0.6 is 0 Å². The zero-order chi connectivity index (χ0) is 21.5. The molecular weight excluding hydrogens is 378 g/mol. The standard InChI is InChI=1S/C25H37NO4/c1-16(2)22(27)26-23-24(3,4)18-14-20-21(30-11-10-25(20,23)15-18)17-6-8-19(9-7-17)29-13-12-28-5/h6-9,16,18,20-21,23H,10-15H2,1-5H3,(H,26,27)/t18-,20-,21-,23+,25-/m1/s1. The van der Waals surface area contributed by atoms with E-state index in [9.17, 15) is 4.79 Å². The zero-order valence-corrected chi connectivity index (χ0v) is 19.1. The summed E-state index contributed by atoms with van der Waals surface area (Å²) < 4.78 is 17.1. The molecule has 1 N–H and O–H groups in total. The van der Waals surface area contributed by atoms with E-state index in [0.717, 1.165) is 18.8 Å². The van der Waals surface area contributed by atoms with Gasteiger partial charge in [0.05, 0.1) is 12.7 Å². The van der Waals surface area contributed by atoms with Crippen LogP contribution in [-0.4, -0.2) is 38.9 Å². The summed E-state index contributed by atoms with van der Waals surface area (Å²) in [6.45, 7) is 10.6. The Bertz CT molecular complexity index is 759. The van der Waals surface area contributed by atoms with Crippen LogP contribution in [0.5, 0.6) is 5.75 Å². The lowest BCUT2D eigenvalue weighted by Crippen LogP contribution is -2.59. The third-order valence-corrected chi connectivity index (χ3v) is 8.08. The molecule has 1 saturated heterocycles. The molecule has 5 nitrogen and oxygen atoms in total. The predicted molar refractivity (Wildman–Crippen MR) is 116 cm³/mol.